The second-order valence-corrected chi connectivity index (χ2v) is 7.81. The molecule has 0 saturated carbocycles. The lowest BCUT2D eigenvalue weighted by atomic mass is 9.94. The van der Waals surface area contributed by atoms with Gasteiger partial charge in [-0.3, -0.25) is 9.59 Å². The molecule has 2 unspecified atom stereocenters. The fourth-order valence-electron chi connectivity index (χ4n) is 3.72. The number of carboxylic acids is 2. The summed E-state index contributed by atoms with van der Waals surface area (Å²) in [6.07, 6.45) is 17.9. The summed E-state index contributed by atoms with van der Waals surface area (Å²) in [5.41, 5.74) is 0. The summed E-state index contributed by atoms with van der Waals surface area (Å²) in [6.45, 7) is 4.59. The lowest BCUT2D eigenvalue weighted by Crippen LogP contribution is -2.17. The standard InChI is InChI=1S/C22H42O4/c1-3-15-19(4-2)16-13-11-9-7-5-6-8-10-12-14-17-20(22(25)26)18-21(23)24/h19-20H,3-18H2,1-2H3,(H,23,24)(H,25,26). The van der Waals surface area contributed by atoms with Crippen LogP contribution in [0.2, 0.25) is 0 Å². The van der Waals surface area contributed by atoms with Crippen molar-refractivity contribution >= 4 is 11.9 Å². The third-order valence-corrected chi connectivity index (χ3v) is 5.46. The van der Waals surface area contributed by atoms with Crippen LogP contribution >= 0.6 is 0 Å². The van der Waals surface area contributed by atoms with Gasteiger partial charge in [0.1, 0.15) is 0 Å². The quantitative estimate of drug-likeness (QED) is 0.249. The molecule has 154 valence electrons. The molecule has 2 atom stereocenters. The SMILES string of the molecule is CCCC(CC)CCCCCCCCCCCCC(CC(=O)O)C(=O)O. The van der Waals surface area contributed by atoms with Crippen molar-refractivity contribution in [2.24, 2.45) is 11.8 Å². The van der Waals surface area contributed by atoms with Crippen molar-refractivity contribution in [2.45, 2.75) is 117 Å². The highest BCUT2D eigenvalue weighted by molar-refractivity contribution is 5.77. The molecule has 0 amide bonds. The van der Waals surface area contributed by atoms with Gasteiger partial charge in [0.25, 0.3) is 0 Å². The van der Waals surface area contributed by atoms with Crippen LogP contribution in [0.3, 0.4) is 0 Å². The molecule has 0 radical (unpaired) electrons. The van der Waals surface area contributed by atoms with Crippen LogP contribution in [0.5, 0.6) is 0 Å². The number of hydrogen-bond acceptors (Lipinski definition) is 2. The van der Waals surface area contributed by atoms with Gasteiger partial charge in [-0.25, -0.2) is 0 Å². The van der Waals surface area contributed by atoms with E-state index in [0.717, 1.165) is 25.2 Å². The van der Waals surface area contributed by atoms with E-state index in [1.807, 2.05) is 0 Å². The first-order valence-electron chi connectivity index (χ1n) is 11.0. The van der Waals surface area contributed by atoms with Gasteiger partial charge < -0.3 is 10.2 Å². The molecule has 0 aliphatic rings. The van der Waals surface area contributed by atoms with Crippen LogP contribution in [0.1, 0.15) is 117 Å². The largest absolute Gasteiger partial charge is 0.481 e. The summed E-state index contributed by atoms with van der Waals surface area (Å²) in [7, 11) is 0. The molecule has 0 rings (SSSR count). The van der Waals surface area contributed by atoms with Crippen molar-refractivity contribution in [1.82, 2.24) is 0 Å². The van der Waals surface area contributed by atoms with Crippen LogP contribution in [-0.4, -0.2) is 22.2 Å². The Balaban J connectivity index is 3.40. The minimum absolute atomic E-state index is 0.257. The molecular weight excluding hydrogens is 328 g/mol. The Bertz CT molecular complexity index is 354. The summed E-state index contributed by atoms with van der Waals surface area (Å²) in [6, 6.07) is 0. The van der Waals surface area contributed by atoms with E-state index in [1.165, 1.54) is 70.6 Å². The van der Waals surface area contributed by atoms with Gasteiger partial charge in [-0.05, 0) is 12.3 Å². The van der Waals surface area contributed by atoms with E-state index in [-0.39, 0.29) is 6.42 Å². The highest BCUT2D eigenvalue weighted by Gasteiger charge is 2.20. The summed E-state index contributed by atoms with van der Waals surface area (Å²) in [5.74, 6) is -1.78. The van der Waals surface area contributed by atoms with Gasteiger partial charge in [0.2, 0.25) is 0 Å². The average Bonchev–Trinajstić information content (AvgIpc) is 2.60. The van der Waals surface area contributed by atoms with Gasteiger partial charge >= 0.3 is 11.9 Å². The zero-order valence-electron chi connectivity index (χ0n) is 17.2. The summed E-state index contributed by atoms with van der Waals surface area (Å²) in [5, 5.41) is 17.7. The van der Waals surface area contributed by atoms with Crippen LogP contribution in [-0.2, 0) is 9.59 Å². The van der Waals surface area contributed by atoms with Crippen molar-refractivity contribution in [1.29, 1.82) is 0 Å². The Kier molecular flexibility index (Phi) is 16.7. The van der Waals surface area contributed by atoms with Crippen molar-refractivity contribution in [3.05, 3.63) is 0 Å². The Labute approximate surface area is 160 Å². The molecule has 0 aromatic rings. The molecule has 0 heterocycles. The molecule has 0 aliphatic heterocycles. The minimum atomic E-state index is -1.02. The van der Waals surface area contributed by atoms with Crippen LogP contribution in [0.4, 0.5) is 0 Å². The highest BCUT2D eigenvalue weighted by atomic mass is 16.4. The molecule has 4 heteroatoms. The molecule has 0 saturated heterocycles. The van der Waals surface area contributed by atoms with E-state index in [4.69, 9.17) is 10.2 Å². The van der Waals surface area contributed by atoms with Crippen LogP contribution in [0.15, 0.2) is 0 Å². The van der Waals surface area contributed by atoms with Crippen LogP contribution in [0, 0.1) is 11.8 Å². The van der Waals surface area contributed by atoms with E-state index in [0.29, 0.717) is 6.42 Å². The second-order valence-electron chi connectivity index (χ2n) is 7.81. The smallest absolute Gasteiger partial charge is 0.307 e. The number of carboxylic acid groups (broad SMARTS) is 2. The monoisotopic (exact) mass is 370 g/mol. The van der Waals surface area contributed by atoms with Gasteiger partial charge in [-0.1, -0.05) is 104 Å². The minimum Gasteiger partial charge on any atom is -0.481 e. The molecule has 0 aromatic carbocycles. The van der Waals surface area contributed by atoms with Crippen molar-refractivity contribution < 1.29 is 19.8 Å². The van der Waals surface area contributed by atoms with Gasteiger partial charge in [0, 0.05) is 0 Å². The normalized spacial score (nSPS) is 13.5. The molecule has 2 N–H and O–H groups in total. The van der Waals surface area contributed by atoms with Gasteiger partial charge in [-0.2, -0.15) is 0 Å². The molecule has 4 nitrogen and oxygen atoms in total. The van der Waals surface area contributed by atoms with Gasteiger partial charge in [0.15, 0.2) is 0 Å². The van der Waals surface area contributed by atoms with Gasteiger partial charge in [0.05, 0.1) is 12.3 Å². The zero-order chi connectivity index (χ0) is 19.6. The Morgan fingerprint density at radius 2 is 1.15 bits per heavy atom. The summed E-state index contributed by atoms with van der Waals surface area (Å²) < 4.78 is 0. The van der Waals surface area contributed by atoms with E-state index in [1.54, 1.807) is 0 Å². The second kappa shape index (κ2) is 17.4. The Hall–Kier alpha value is -1.06. The number of rotatable bonds is 19. The Morgan fingerprint density at radius 3 is 1.54 bits per heavy atom. The predicted octanol–water partition coefficient (Wildman–Crippen LogP) is 6.67. The maximum absolute atomic E-state index is 11.0. The molecule has 0 spiro atoms. The lowest BCUT2D eigenvalue weighted by Gasteiger charge is -2.13. The van der Waals surface area contributed by atoms with E-state index < -0.39 is 17.9 Å². The van der Waals surface area contributed by atoms with E-state index in [2.05, 4.69) is 13.8 Å². The average molecular weight is 371 g/mol. The summed E-state index contributed by atoms with van der Waals surface area (Å²) >= 11 is 0. The molecule has 0 aliphatic carbocycles. The fraction of sp³-hybridized carbons (Fsp3) is 0.909. The molecular formula is C22H42O4. The third-order valence-electron chi connectivity index (χ3n) is 5.46. The number of unbranched alkanes of at least 4 members (excludes halogenated alkanes) is 9. The topological polar surface area (TPSA) is 74.6 Å². The maximum Gasteiger partial charge on any atom is 0.307 e. The first-order chi connectivity index (χ1) is 12.5. The van der Waals surface area contributed by atoms with E-state index >= 15 is 0 Å². The van der Waals surface area contributed by atoms with Crippen LogP contribution in [0.25, 0.3) is 0 Å². The lowest BCUT2D eigenvalue weighted by molar-refractivity contribution is -0.148. The van der Waals surface area contributed by atoms with Crippen LogP contribution < -0.4 is 0 Å². The molecule has 0 bridgehead atoms. The van der Waals surface area contributed by atoms with Crippen molar-refractivity contribution in [2.75, 3.05) is 0 Å². The molecule has 0 aromatic heterocycles. The predicted molar refractivity (Wildman–Crippen MR) is 107 cm³/mol. The summed E-state index contributed by atoms with van der Waals surface area (Å²) in [4.78, 5) is 21.6. The number of aliphatic carboxylic acids is 2. The Morgan fingerprint density at radius 1 is 0.692 bits per heavy atom. The molecule has 0 fully saturated rings. The van der Waals surface area contributed by atoms with Crippen molar-refractivity contribution in [3.63, 3.8) is 0 Å². The van der Waals surface area contributed by atoms with Crippen molar-refractivity contribution in [3.8, 4) is 0 Å². The highest BCUT2D eigenvalue weighted by Crippen LogP contribution is 2.20. The van der Waals surface area contributed by atoms with Gasteiger partial charge in [-0.15, -0.1) is 0 Å². The number of carbonyl (C=O) groups is 2. The first kappa shape index (κ1) is 24.9. The van der Waals surface area contributed by atoms with E-state index in [9.17, 15) is 9.59 Å². The number of hydrogen-bond donors (Lipinski definition) is 2. The fourth-order valence-corrected chi connectivity index (χ4v) is 3.72. The third kappa shape index (κ3) is 15.2. The first-order valence-corrected chi connectivity index (χ1v) is 11.0. The zero-order valence-corrected chi connectivity index (χ0v) is 17.2. The maximum atomic E-state index is 11.0. The molecule has 26 heavy (non-hydrogen) atoms.